The lowest BCUT2D eigenvalue weighted by molar-refractivity contribution is 0.304. The van der Waals surface area contributed by atoms with Gasteiger partial charge in [0, 0.05) is 11.2 Å². The van der Waals surface area contributed by atoms with Crippen LogP contribution in [-0.4, -0.2) is 16.4 Å². The molecule has 0 fully saturated rings. The molecule has 1 heterocycles. The maximum absolute atomic E-state index is 5.93. The van der Waals surface area contributed by atoms with Gasteiger partial charge in [0.25, 0.3) is 0 Å². The number of rotatable bonds is 5. The average Bonchev–Trinajstić information content (AvgIpc) is 3.00. The zero-order valence-corrected chi connectivity index (χ0v) is 13.1. The van der Waals surface area contributed by atoms with Gasteiger partial charge in [0.2, 0.25) is 5.13 Å². The molecular formula is C16H12ClN3OS. The molecule has 0 radical (unpaired) electrons. The second-order valence-corrected chi connectivity index (χ2v) is 5.87. The van der Waals surface area contributed by atoms with E-state index in [9.17, 15) is 0 Å². The zero-order valence-electron chi connectivity index (χ0n) is 11.5. The topological polar surface area (TPSA) is 47.4 Å². The highest BCUT2D eigenvalue weighted by molar-refractivity contribution is 7.14. The molecule has 0 spiro atoms. The third-order valence-corrected chi connectivity index (χ3v) is 3.77. The Morgan fingerprint density at radius 3 is 2.77 bits per heavy atom. The summed E-state index contributed by atoms with van der Waals surface area (Å²) in [5.74, 6) is 0.807. The molecule has 110 valence electrons. The van der Waals surface area contributed by atoms with E-state index in [4.69, 9.17) is 16.3 Å². The molecule has 22 heavy (non-hydrogen) atoms. The van der Waals surface area contributed by atoms with Gasteiger partial charge in [-0.3, -0.25) is 0 Å². The SMILES string of the molecule is Clc1cccc(C=Nc2nnc(COc3ccccc3)s2)c1. The number of para-hydroxylation sites is 1. The number of benzene rings is 2. The summed E-state index contributed by atoms with van der Waals surface area (Å²) in [5.41, 5.74) is 0.921. The number of aromatic nitrogens is 2. The van der Waals surface area contributed by atoms with Crippen molar-refractivity contribution in [2.24, 2.45) is 4.99 Å². The first-order valence-electron chi connectivity index (χ1n) is 6.59. The van der Waals surface area contributed by atoms with Crippen LogP contribution in [0.5, 0.6) is 5.75 Å². The Balaban J connectivity index is 1.61. The van der Waals surface area contributed by atoms with Gasteiger partial charge in [-0.1, -0.05) is 53.3 Å². The third kappa shape index (κ3) is 4.13. The van der Waals surface area contributed by atoms with Crippen molar-refractivity contribution in [3.8, 4) is 5.75 Å². The molecule has 0 unspecified atom stereocenters. The lowest BCUT2D eigenvalue weighted by Crippen LogP contribution is -1.94. The van der Waals surface area contributed by atoms with E-state index >= 15 is 0 Å². The van der Waals surface area contributed by atoms with E-state index in [1.165, 1.54) is 11.3 Å². The summed E-state index contributed by atoms with van der Waals surface area (Å²) >= 11 is 7.32. The molecule has 3 aromatic rings. The van der Waals surface area contributed by atoms with Crippen molar-refractivity contribution in [2.75, 3.05) is 0 Å². The van der Waals surface area contributed by atoms with Crippen LogP contribution in [0.15, 0.2) is 59.6 Å². The maximum atomic E-state index is 5.93. The Hall–Kier alpha value is -2.24. The fourth-order valence-corrected chi connectivity index (χ4v) is 2.53. The minimum atomic E-state index is 0.383. The van der Waals surface area contributed by atoms with Gasteiger partial charge in [0.1, 0.15) is 12.4 Å². The van der Waals surface area contributed by atoms with Gasteiger partial charge in [-0.2, -0.15) is 0 Å². The Morgan fingerprint density at radius 1 is 1.09 bits per heavy atom. The molecule has 6 heteroatoms. The second-order valence-electron chi connectivity index (χ2n) is 4.39. The largest absolute Gasteiger partial charge is 0.486 e. The van der Waals surface area contributed by atoms with Gasteiger partial charge in [-0.15, -0.1) is 10.2 Å². The summed E-state index contributed by atoms with van der Waals surface area (Å²) in [6, 6.07) is 17.1. The molecule has 0 atom stereocenters. The Morgan fingerprint density at radius 2 is 1.95 bits per heavy atom. The molecular weight excluding hydrogens is 318 g/mol. The van der Waals surface area contributed by atoms with Crippen LogP contribution in [0.1, 0.15) is 10.6 Å². The molecule has 3 rings (SSSR count). The quantitative estimate of drug-likeness (QED) is 0.646. The summed E-state index contributed by atoms with van der Waals surface area (Å²) in [7, 11) is 0. The van der Waals surface area contributed by atoms with Crippen molar-refractivity contribution in [3.05, 3.63) is 70.2 Å². The van der Waals surface area contributed by atoms with E-state index < -0.39 is 0 Å². The van der Waals surface area contributed by atoms with Crippen LogP contribution in [0.4, 0.5) is 5.13 Å². The number of hydrogen-bond donors (Lipinski definition) is 0. The fraction of sp³-hybridized carbons (Fsp3) is 0.0625. The van der Waals surface area contributed by atoms with Crippen molar-refractivity contribution in [2.45, 2.75) is 6.61 Å². The van der Waals surface area contributed by atoms with E-state index in [0.29, 0.717) is 16.8 Å². The number of ether oxygens (including phenoxy) is 1. The van der Waals surface area contributed by atoms with Crippen LogP contribution in [0.25, 0.3) is 0 Å². The summed E-state index contributed by atoms with van der Waals surface area (Å²) in [4.78, 5) is 4.30. The number of nitrogens with zero attached hydrogens (tertiary/aromatic N) is 3. The van der Waals surface area contributed by atoms with Crippen molar-refractivity contribution < 1.29 is 4.74 Å². The summed E-state index contributed by atoms with van der Waals surface area (Å²) < 4.78 is 5.62. The molecule has 4 nitrogen and oxygen atoms in total. The molecule has 0 aliphatic carbocycles. The van der Waals surface area contributed by atoms with Gasteiger partial charge >= 0.3 is 0 Å². The minimum Gasteiger partial charge on any atom is -0.486 e. The predicted octanol–water partition coefficient (Wildman–Crippen LogP) is 4.52. The van der Waals surface area contributed by atoms with E-state index in [0.717, 1.165) is 16.3 Å². The molecule has 0 aliphatic heterocycles. The first-order valence-corrected chi connectivity index (χ1v) is 7.79. The van der Waals surface area contributed by atoms with Crippen LogP contribution in [-0.2, 0) is 6.61 Å². The van der Waals surface area contributed by atoms with E-state index in [1.807, 2.05) is 54.6 Å². The normalized spacial score (nSPS) is 11.0. The molecule has 2 aromatic carbocycles. The van der Waals surface area contributed by atoms with E-state index in [1.54, 1.807) is 6.21 Å². The Bertz CT molecular complexity index is 774. The monoisotopic (exact) mass is 329 g/mol. The first-order chi connectivity index (χ1) is 10.8. The Kier molecular flexibility index (Phi) is 4.78. The van der Waals surface area contributed by atoms with Crippen molar-refractivity contribution in [3.63, 3.8) is 0 Å². The third-order valence-electron chi connectivity index (χ3n) is 2.73. The first kappa shape index (κ1) is 14.7. The molecule has 0 amide bonds. The van der Waals surface area contributed by atoms with Crippen LogP contribution in [0.3, 0.4) is 0 Å². The van der Waals surface area contributed by atoms with Crippen molar-refractivity contribution in [1.82, 2.24) is 10.2 Å². The second kappa shape index (κ2) is 7.15. The molecule has 0 bridgehead atoms. The standard InChI is InChI=1S/C16H12ClN3OS/c17-13-6-4-5-12(9-13)10-18-16-20-19-15(22-16)11-21-14-7-2-1-3-8-14/h1-10H,11H2. The summed E-state index contributed by atoms with van der Waals surface area (Å²) in [6.07, 6.45) is 1.72. The van der Waals surface area contributed by atoms with Crippen molar-refractivity contribution in [1.29, 1.82) is 0 Å². The molecule has 0 saturated heterocycles. The van der Waals surface area contributed by atoms with E-state index in [2.05, 4.69) is 15.2 Å². The smallest absolute Gasteiger partial charge is 0.231 e. The predicted molar refractivity (Wildman–Crippen MR) is 89.4 cm³/mol. The van der Waals surface area contributed by atoms with Gasteiger partial charge in [-0.25, -0.2) is 4.99 Å². The highest BCUT2D eigenvalue weighted by Gasteiger charge is 2.03. The fourth-order valence-electron chi connectivity index (χ4n) is 1.73. The zero-order chi connectivity index (χ0) is 15.2. The van der Waals surface area contributed by atoms with Crippen molar-refractivity contribution >= 4 is 34.3 Å². The number of aliphatic imine (C=N–C) groups is 1. The number of halogens is 1. The maximum Gasteiger partial charge on any atom is 0.231 e. The highest BCUT2D eigenvalue weighted by atomic mass is 35.5. The van der Waals surface area contributed by atoms with Gasteiger partial charge in [0.05, 0.1) is 0 Å². The van der Waals surface area contributed by atoms with Gasteiger partial charge in [-0.05, 0) is 29.8 Å². The van der Waals surface area contributed by atoms with Crippen LogP contribution in [0, 0.1) is 0 Å². The summed E-state index contributed by atoms with van der Waals surface area (Å²) in [6.45, 7) is 0.383. The molecule has 0 aliphatic rings. The van der Waals surface area contributed by atoms with Crippen LogP contribution in [0.2, 0.25) is 5.02 Å². The highest BCUT2D eigenvalue weighted by Crippen LogP contribution is 2.20. The molecule has 0 saturated carbocycles. The van der Waals surface area contributed by atoms with E-state index in [-0.39, 0.29) is 0 Å². The Labute approximate surface area is 137 Å². The molecule has 0 N–H and O–H groups in total. The lowest BCUT2D eigenvalue weighted by Gasteiger charge is -2.01. The van der Waals surface area contributed by atoms with Gasteiger partial charge in [0.15, 0.2) is 5.01 Å². The number of hydrogen-bond acceptors (Lipinski definition) is 5. The summed E-state index contributed by atoms with van der Waals surface area (Å²) in [5, 5.41) is 10.1. The van der Waals surface area contributed by atoms with Gasteiger partial charge < -0.3 is 4.74 Å². The molecule has 1 aromatic heterocycles. The van der Waals surface area contributed by atoms with Crippen LogP contribution < -0.4 is 4.74 Å². The lowest BCUT2D eigenvalue weighted by atomic mass is 10.2. The average molecular weight is 330 g/mol. The minimum absolute atomic E-state index is 0.383. The van der Waals surface area contributed by atoms with Crippen LogP contribution >= 0.6 is 22.9 Å².